The van der Waals surface area contributed by atoms with Crippen LogP contribution in [0.15, 0.2) is 212 Å². The van der Waals surface area contributed by atoms with E-state index in [1.54, 1.807) is 0 Å². The highest BCUT2D eigenvalue weighted by molar-refractivity contribution is 6.18. The van der Waals surface area contributed by atoms with E-state index in [0.717, 1.165) is 17.1 Å². The molecule has 1 aliphatic heterocycles. The van der Waals surface area contributed by atoms with Crippen LogP contribution in [0.4, 0.5) is 17.1 Å². The van der Waals surface area contributed by atoms with Crippen molar-refractivity contribution in [2.75, 3.05) is 4.90 Å². The first-order chi connectivity index (χ1) is 29.6. The molecule has 2 aromatic heterocycles. The molecule has 0 spiro atoms. The maximum Gasteiger partial charge on any atom is 0.0785 e. The van der Waals surface area contributed by atoms with Crippen LogP contribution in [0.2, 0.25) is 0 Å². The van der Waals surface area contributed by atoms with E-state index in [2.05, 4.69) is 240 Å². The van der Waals surface area contributed by atoms with Crippen molar-refractivity contribution in [1.29, 1.82) is 0 Å². The molecule has 3 heteroatoms. The van der Waals surface area contributed by atoms with E-state index in [9.17, 15) is 0 Å². The van der Waals surface area contributed by atoms with E-state index in [0.29, 0.717) is 0 Å². The van der Waals surface area contributed by atoms with Gasteiger partial charge in [-0.1, -0.05) is 172 Å². The fraction of sp³-hybridized carbons (Fsp3) is 0.0526. The van der Waals surface area contributed by atoms with Crippen molar-refractivity contribution in [2.45, 2.75) is 19.3 Å². The summed E-state index contributed by atoms with van der Waals surface area (Å²) in [6.45, 7) is 4.86. The second-order valence-corrected chi connectivity index (χ2v) is 16.5. The van der Waals surface area contributed by atoms with Gasteiger partial charge in [0.15, 0.2) is 0 Å². The van der Waals surface area contributed by atoms with Crippen molar-refractivity contribution in [3.63, 3.8) is 0 Å². The number of nitrogens with zero attached hydrogens (tertiary/aromatic N) is 3. The predicted octanol–water partition coefficient (Wildman–Crippen LogP) is 15.3. The van der Waals surface area contributed by atoms with Gasteiger partial charge in [-0.3, -0.25) is 0 Å². The standard InChI is InChI=1S/C57H41N3/c1-57(2)49-36-34-48-46-23-13-15-25-51(46)59(44-32-28-41(29-33-44)39-18-8-4-9-19-39)55(48)56(49)60(42-20-10-5-11-21-42)52-37-35-47-45-22-12-14-24-50(45)58(54(47)53(52)57)43-30-26-40(27-31-43)38-16-6-3-7-17-38/h3-37H,1-2H3. The van der Waals surface area contributed by atoms with E-state index in [1.165, 1.54) is 88.4 Å². The minimum absolute atomic E-state index is 0.391. The van der Waals surface area contributed by atoms with Gasteiger partial charge < -0.3 is 14.0 Å². The quantitative estimate of drug-likeness (QED) is 0.170. The molecule has 3 heterocycles. The molecule has 9 aromatic carbocycles. The van der Waals surface area contributed by atoms with Gasteiger partial charge in [0.05, 0.1) is 33.4 Å². The summed E-state index contributed by atoms with van der Waals surface area (Å²) in [5.74, 6) is 0. The topological polar surface area (TPSA) is 13.1 Å². The third kappa shape index (κ3) is 5.02. The molecule has 0 saturated heterocycles. The second-order valence-electron chi connectivity index (χ2n) is 16.5. The lowest BCUT2D eigenvalue weighted by atomic mass is 9.72. The molecule has 0 saturated carbocycles. The second kappa shape index (κ2) is 13.2. The Balaban J connectivity index is 1.16. The maximum absolute atomic E-state index is 2.55. The summed E-state index contributed by atoms with van der Waals surface area (Å²) in [6.07, 6.45) is 0. The van der Waals surface area contributed by atoms with Crippen LogP contribution in [0.3, 0.4) is 0 Å². The van der Waals surface area contributed by atoms with Crippen molar-refractivity contribution < 1.29 is 0 Å². The lowest BCUT2D eigenvalue weighted by Crippen LogP contribution is -2.31. The van der Waals surface area contributed by atoms with Gasteiger partial charge in [-0.15, -0.1) is 0 Å². The van der Waals surface area contributed by atoms with E-state index >= 15 is 0 Å². The zero-order valence-electron chi connectivity index (χ0n) is 33.5. The molecule has 11 aromatic rings. The normalized spacial score (nSPS) is 13.3. The Bertz CT molecular complexity index is 3410. The molecule has 12 rings (SSSR count). The zero-order chi connectivity index (χ0) is 40.0. The summed E-state index contributed by atoms with van der Waals surface area (Å²) in [4.78, 5) is 2.55. The van der Waals surface area contributed by atoms with Crippen molar-refractivity contribution in [3.8, 4) is 33.6 Å². The number of rotatable bonds is 5. The minimum Gasteiger partial charge on any atom is -0.309 e. The number of anilines is 3. The first-order valence-electron chi connectivity index (χ1n) is 20.9. The third-order valence-corrected chi connectivity index (χ3v) is 12.9. The molecule has 284 valence electrons. The molecule has 0 atom stereocenters. The Morgan fingerprint density at radius 3 is 1.32 bits per heavy atom. The third-order valence-electron chi connectivity index (χ3n) is 12.9. The van der Waals surface area contributed by atoms with Gasteiger partial charge in [0.25, 0.3) is 0 Å². The highest BCUT2D eigenvalue weighted by atomic mass is 15.2. The van der Waals surface area contributed by atoms with Crippen LogP contribution in [-0.4, -0.2) is 9.13 Å². The van der Waals surface area contributed by atoms with E-state index in [1.807, 2.05) is 0 Å². The van der Waals surface area contributed by atoms with Gasteiger partial charge in [-0.2, -0.15) is 0 Å². The maximum atomic E-state index is 2.55. The van der Waals surface area contributed by atoms with Gasteiger partial charge in [0.1, 0.15) is 0 Å². The van der Waals surface area contributed by atoms with Gasteiger partial charge in [-0.05, 0) is 82.4 Å². The zero-order valence-corrected chi connectivity index (χ0v) is 33.5. The van der Waals surface area contributed by atoms with Crippen LogP contribution in [0.1, 0.15) is 25.0 Å². The van der Waals surface area contributed by atoms with Crippen molar-refractivity contribution >= 4 is 60.7 Å². The first kappa shape index (κ1) is 34.4. The summed E-state index contributed by atoms with van der Waals surface area (Å²) in [6, 6.07) is 77.7. The Labute approximate surface area is 349 Å². The number of hydrogen-bond donors (Lipinski definition) is 0. The Morgan fingerprint density at radius 2 is 0.767 bits per heavy atom. The number of fused-ring (bicyclic) bond motifs is 10. The van der Waals surface area contributed by atoms with Crippen LogP contribution in [-0.2, 0) is 5.41 Å². The lowest BCUT2D eigenvalue weighted by Gasteiger charge is -2.43. The monoisotopic (exact) mass is 767 g/mol. The van der Waals surface area contributed by atoms with Crippen molar-refractivity contribution in [2.24, 2.45) is 0 Å². The number of aromatic nitrogens is 2. The molecular formula is C57H41N3. The molecule has 0 N–H and O–H groups in total. The largest absolute Gasteiger partial charge is 0.309 e. The van der Waals surface area contributed by atoms with E-state index < -0.39 is 5.41 Å². The molecule has 1 aliphatic rings. The molecule has 3 nitrogen and oxygen atoms in total. The van der Waals surface area contributed by atoms with Crippen LogP contribution < -0.4 is 4.90 Å². The Kier molecular flexibility index (Phi) is 7.58. The van der Waals surface area contributed by atoms with Crippen molar-refractivity contribution in [3.05, 3.63) is 223 Å². The number of hydrogen-bond acceptors (Lipinski definition) is 1. The number of benzene rings is 9. The Hall–Kier alpha value is -7.62. The molecular weight excluding hydrogens is 727 g/mol. The summed E-state index contributed by atoms with van der Waals surface area (Å²) in [5.41, 5.74) is 17.7. The summed E-state index contributed by atoms with van der Waals surface area (Å²) < 4.78 is 5.01. The molecule has 0 bridgehead atoms. The van der Waals surface area contributed by atoms with Gasteiger partial charge in [0, 0.05) is 49.6 Å². The van der Waals surface area contributed by atoms with Crippen LogP contribution in [0.25, 0.3) is 77.2 Å². The smallest absolute Gasteiger partial charge is 0.0785 e. The van der Waals surface area contributed by atoms with Crippen LogP contribution in [0, 0.1) is 0 Å². The average Bonchev–Trinajstić information content (AvgIpc) is 3.83. The van der Waals surface area contributed by atoms with Crippen LogP contribution >= 0.6 is 0 Å². The molecule has 0 radical (unpaired) electrons. The summed E-state index contributed by atoms with van der Waals surface area (Å²) in [5, 5.41) is 5.00. The lowest BCUT2D eigenvalue weighted by molar-refractivity contribution is 0.636. The number of para-hydroxylation sites is 3. The fourth-order valence-corrected chi connectivity index (χ4v) is 10.1. The highest BCUT2D eigenvalue weighted by Gasteiger charge is 2.41. The highest BCUT2D eigenvalue weighted by Crippen LogP contribution is 2.58. The van der Waals surface area contributed by atoms with E-state index in [-0.39, 0.29) is 0 Å². The molecule has 0 aliphatic carbocycles. The predicted molar refractivity (Wildman–Crippen MR) is 253 cm³/mol. The SMILES string of the molecule is CC1(C)c2ccc3c4ccccc4n(-c4ccc(-c5ccccc5)cc4)c3c2N(c2ccccc2)c2ccc3c4ccccc4n(-c4ccc(-c5ccccc5)cc4)c3c21. The van der Waals surface area contributed by atoms with E-state index in [4.69, 9.17) is 0 Å². The molecule has 0 fully saturated rings. The Morgan fingerprint density at radius 1 is 0.333 bits per heavy atom. The van der Waals surface area contributed by atoms with Gasteiger partial charge in [-0.25, -0.2) is 0 Å². The van der Waals surface area contributed by atoms with Gasteiger partial charge in [0.2, 0.25) is 0 Å². The van der Waals surface area contributed by atoms with Gasteiger partial charge >= 0.3 is 0 Å². The van der Waals surface area contributed by atoms with Crippen molar-refractivity contribution in [1.82, 2.24) is 9.13 Å². The first-order valence-corrected chi connectivity index (χ1v) is 20.9. The summed E-state index contributed by atoms with van der Waals surface area (Å²) in [7, 11) is 0. The fourth-order valence-electron chi connectivity index (χ4n) is 10.1. The van der Waals surface area contributed by atoms with Crippen LogP contribution in [0.5, 0.6) is 0 Å². The molecule has 60 heavy (non-hydrogen) atoms. The summed E-state index contributed by atoms with van der Waals surface area (Å²) >= 11 is 0. The molecule has 0 amide bonds. The molecule has 0 unspecified atom stereocenters. The minimum atomic E-state index is -0.391. The average molecular weight is 768 g/mol.